The molecule has 0 spiro atoms. The first-order chi connectivity index (χ1) is 6.11. The summed E-state index contributed by atoms with van der Waals surface area (Å²) in [5, 5.41) is 11.6. The third-order valence-corrected chi connectivity index (χ3v) is 2.55. The number of halogens is 1. The molecule has 0 aliphatic heterocycles. The first-order valence-corrected chi connectivity index (χ1v) is 4.92. The van der Waals surface area contributed by atoms with Crippen molar-refractivity contribution in [2.75, 3.05) is 0 Å². The summed E-state index contributed by atoms with van der Waals surface area (Å²) < 4.78 is 0.977. The molecule has 0 saturated heterocycles. The second kappa shape index (κ2) is 3.97. The van der Waals surface area contributed by atoms with Crippen LogP contribution in [0.4, 0.5) is 0 Å². The molecule has 72 valence electrons. The molecule has 0 aliphatic rings. The van der Waals surface area contributed by atoms with Crippen LogP contribution in [0.1, 0.15) is 29.4 Å². The van der Waals surface area contributed by atoms with Crippen LogP contribution in [-0.4, -0.2) is 0 Å². The molecule has 0 radical (unpaired) electrons. The number of hydrogen-bond acceptors (Lipinski definition) is 1. The van der Waals surface area contributed by atoms with E-state index in [0.29, 0.717) is 5.88 Å². The van der Waals surface area contributed by atoms with Crippen LogP contribution < -0.4 is 4.73 Å². The van der Waals surface area contributed by atoms with Gasteiger partial charge in [-0.25, -0.2) is 0 Å². The van der Waals surface area contributed by atoms with Gasteiger partial charge in [-0.05, 0) is 12.5 Å². The first-order valence-electron chi connectivity index (χ1n) is 4.39. The summed E-state index contributed by atoms with van der Waals surface area (Å²) in [5.74, 6) is 0.414. The maximum atomic E-state index is 11.6. The standard InChI is InChI=1S/C10H14ClNO/c1-4-10-9(6-11)7(2)5-8(3)12(10)13/h5H,4,6H2,1-3H3. The summed E-state index contributed by atoms with van der Waals surface area (Å²) in [6, 6.07) is 1.88. The summed E-state index contributed by atoms with van der Waals surface area (Å²) in [6.45, 7) is 5.78. The molecule has 13 heavy (non-hydrogen) atoms. The van der Waals surface area contributed by atoms with E-state index in [0.717, 1.165) is 33.7 Å². The van der Waals surface area contributed by atoms with Gasteiger partial charge in [0.1, 0.15) is 0 Å². The van der Waals surface area contributed by atoms with Crippen molar-refractivity contribution in [3.63, 3.8) is 0 Å². The number of alkyl halides is 1. The monoisotopic (exact) mass is 199 g/mol. The van der Waals surface area contributed by atoms with Crippen molar-refractivity contribution in [3.05, 3.63) is 33.8 Å². The van der Waals surface area contributed by atoms with Crippen LogP contribution in [0, 0.1) is 19.1 Å². The largest absolute Gasteiger partial charge is 0.618 e. The first kappa shape index (κ1) is 10.3. The number of aromatic nitrogens is 1. The van der Waals surface area contributed by atoms with Gasteiger partial charge < -0.3 is 5.21 Å². The zero-order valence-electron chi connectivity index (χ0n) is 8.22. The van der Waals surface area contributed by atoms with Gasteiger partial charge in [0.2, 0.25) is 0 Å². The van der Waals surface area contributed by atoms with Crippen molar-refractivity contribution in [1.29, 1.82) is 0 Å². The van der Waals surface area contributed by atoms with E-state index in [1.807, 2.05) is 26.8 Å². The summed E-state index contributed by atoms with van der Waals surface area (Å²) in [5.41, 5.74) is 3.62. The Hall–Kier alpha value is -0.760. The third kappa shape index (κ3) is 1.78. The fourth-order valence-electron chi connectivity index (χ4n) is 1.56. The van der Waals surface area contributed by atoms with Gasteiger partial charge >= 0.3 is 0 Å². The Morgan fingerprint density at radius 3 is 2.54 bits per heavy atom. The minimum atomic E-state index is 0.414. The molecule has 0 aromatic carbocycles. The second-order valence-electron chi connectivity index (χ2n) is 3.18. The fourth-order valence-corrected chi connectivity index (χ4v) is 1.93. The van der Waals surface area contributed by atoms with Gasteiger partial charge in [-0.2, -0.15) is 4.73 Å². The number of rotatable bonds is 2. The lowest BCUT2D eigenvalue weighted by molar-refractivity contribution is -0.621. The minimum absolute atomic E-state index is 0.414. The SMILES string of the molecule is CCc1c(CCl)c(C)cc(C)[n+]1[O-]. The molecule has 2 nitrogen and oxygen atoms in total. The van der Waals surface area contributed by atoms with Gasteiger partial charge in [0.25, 0.3) is 0 Å². The van der Waals surface area contributed by atoms with E-state index in [9.17, 15) is 5.21 Å². The Labute approximate surface area is 83.7 Å². The molecule has 0 saturated carbocycles. The Morgan fingerprint density at radius 2 is 2.08 bits per heavy atom. The lowest BCUT2D eigenvalue weighted by Gasteiger charge is -2.11. The van der Waals surface area contributed by atoms with Crippen LogP contribution in [0.15, 0.2) is 6.07 Å². The third-order valence-electron chi connectivity index (χ3n) is 2.28. The molecule has 0 bridgehead atoms. The van der Waals surface area contributed by atoms with Crippen molar-refractivity contribution < 1.29 is 4.73 Å². The molecule has 1 heterocycles. The average molecular weight is 200 g/mol. The lowest BCUT2D eigenvalue weighted by atomic mass is 10.1. The molecule has 0 N–H and O–H groups in total. The number of aryl methyl sites for hydroxylation is 2. The van der Waals surface area contributed by atoms with Crippen molar-refractivity contribution in [2.24, 2.45) is 0 Å². The molecule has 1 rings (SSSR count). The molecule has 1 aromatic rings. The quantitative estimate of drug-likeness (QED) is 0.408. The predicted molar refractivity (Wildman–Crippen MR) is 53.8 cm³/mol. The highest BCUT2D eigenvalue weighted by Gasteiger charge is 2.15. The van der Waals surface area contributed by atoms with Crippen LogP contribution in [0.2, 0.25) is 0 Å². The molecule has 1 aromatic heterocycles. The zero-order chi connectivity index (χ0) is 10.0. The summed E-state index contributed by atoms with van der Waals surface area (Å²) in [4.78, 5) is 0. The van der Waals surface area contributed by atoms with Crippen LogP contribution >= 0.6 is 11.6 Å². The lowest BCUT2D eigenvalue weighted by Crippen LogP contribution is -2.36. The fraction of sp³-hybridized carbons (Fsp3) is 0.500. The highest BCUT2D eigenvalue weighted by atomic mass is 35.5. The topological polar surface area (TPSA) is 26.9 Å². The predicted octanol–water partition coefficient (Wildman–Crippen LogP) is 2.24. The van der Waals surface area contributed by atoms with Crippen LogP contribution in [-0.2, 0) is 12.3 Å². The molecular formula is C10H14ClNO. The van der Waals surface area contributed by atoms with E-state index in [4.69, 9.17) is 11.6 Å². The molecule has 0 unspecified atom stereocenters. The van der Waals surface area contributed by atoms with Gasteiger partial charge in [-0.3, -0.25) is 0 Å². The van der Waals surface area contributed by atoms with E-state index in [1.54, 1.807) is 0 Å². The zero-order valence-corrected chi connectivity index (χ0v) is 8.98. The van der Waals surface area contributed by atoms with E-state index in [-0.39, 0.29) is 0 Å². The van der Waals surface area contributed by atoms with E-state index < -0.39 is 0 Å². The van der Waals surface area contributed by atoms with Crippen LogP contribution in [0.25, 0.3) is 0 Å². The van der Waals surface area contributed by atoms with Gasteiger partial charge in [-0.1, -0.05) is 6.92 Å². The molecule has 0 atom stereocenters. The Balaban J connectivity index is 3.41. The van der Waals surface area contributed by atoms with Gasteiger partial charge in [-0.15, -0.1) is 11.6 Å². The smallest absolute Gasteiger partial charge is 0.197 e. The molecular weight excluding hydrogens is 186 g/mol. The normalized spacial score (nSPS) is 10.5. The molecule has 3 heteroatoms. The van der Waals surface area contributed by atoms with Crippen molar-refractivity contribution in [3.8, 4) is 0 Å². The van der Waals surface area contributed by atoms with Crippen LogP contribution in [0.5, 0.6) is 0 Å². The molecule has 0 amide bonds. The van der Waals surface area contributed by atoms with Gasteiger partial charge in [0, 0.05) is 25.0 Å². The van der Waals surface area contributed by atoms with Crippen molar-refractivity contribution in [2.45, 2.75) is 33.1 Å². The highest BCUT2D eigenvalue weighted by molar-refractivity contribution is 6.17. The average Bonchev–Trinajstić information content (AvgIpc) is 2.10. The minimum Gasteiger partial charge on any atom is -0.618 e. The Morgan fingerprint density at radius 1 is 1.46 bits per heavy atom. The van der Waals surface area contributed by atoms with E-state index >= 15 is 0 Å². The van der Waals surface area contributed by atoms with Crippen LogP contribution in [0.3, 0.4) is 0 Å². The number of hydrogen-bond donors (Lipinski definition) is 0. The number of nitrogens with zero attached hydrogens (tertiary/aromatic N) is 1. The molecule has 0 fully saturated rings. The summed E-state index contributed by atoms with van der Waals surface area (Å²) in [7, 11) is 0. The maximum Gasteiger partial charge on any atom is 0.197 e. The van der Waals surface area contributed by atoms with E-state index in [1.165, 1.54) is 0 Å². The van der Waals surface area contributed by atoms with E-state index in [2.05, 4.69) is 0 Å². The van der Waals surface area contributed by atoms with Gasteiger partial charge in [0.15, 0.2) is 11.4 Å². The Bertz CT molecular complexity index is 323. The molecule has 0 aliphatic carbocycles. The van der Waals surface area contributed by atoms with Gasteiger partial charge in [0.05, 0.1) is 5.88 Å². The summed E-state index contributed by atoms with van der Waals surface area (Å²) >= 11 is 5.79. The highest BCUT2D eigenvalue weighted by Crippen LogP contribution is 2.15. The summed E-state index contributed by atoms with van der Waals surface area (Å²) in [6.07, 6.45) is 0.730. The van der Waals surface area contributed by atoms with Crippen molar-refractivity contribution in [1.82, 2.24) is 0 Å². The second-order valence-corrected chi connectivity index (χ2v) is 3.44. The maximum absolute atomic E-state index is 11.6. The Kier molecular flexibility index (Phi) is 3.15. The number of pyridine rings is 1. The van der Waals surface area contributed by atoms with Crippen molar-refractivity contribution >= 4 is 11.6 Å².